The number of fused-ring (bicyclic) bond motifs is 1. The minimum atomic E-state index is 0.997. The summed E-state index contributed by atoms with van der Waals surface area (Å²) in [6.07, 6.45) is 17.1. The topological polar surface area (TPSA) is 6.48 Å². The Labute approximate surface area is 385 Å². The molecule has 0 saturated heterocycles. The summed E-state index contributed by atoms with van der Waals surface area (Å²) in [6, 6.07) is 49.7. The van der Waals surface area contributed by atoms with Crippen LogP contribution in [0.4, 0.5) is 34.1 Å². The van der Waals surface area contributed by atoms with Crippen LogP contribution >= 0.6 is 0 Å². The van der Waals surface area contributed by atoms with Crippen molar-refractivity contribution in [2.24, 2.45) is 0 Å². The van der Waals surface area contributed by atoms with Gasteiger partial charge in [-0.2, -0.15) is 0 Å². The van der Waals surface area contributed by atoms with Crippen molar-refractivity contribution in [3.63, 3.8) is 0 Å². The molecule has 2 heteroatoms. The molecule has 0 aromatic heterocycles. The van der Waals surface area contributed by atoms with Gasteiger partial charge in [0.25, 0.3) is 0 Å². The summed E-state index contributed by atoms with van der Waals surface area (Å²) in [5, 5.41) is 2.54. The standard InChI is InChI=1S/C62H68N2/c1-9-43-27-31-53(35-47(43)13-5)63(54-32-28-44(10-2)48(14-6)36-54)57-39-59(51-23-19-17-20-24-51)62-42-58(40-60(61(62)41-57)52-25-21-18-22-26-52)64(55-33-29-45(11-3)49(15-7)37-55)56-34-30-46(12-4)50(16-8)38-56/h17-21,23-25,27-42H,9-16,22,26H2,1-8H3. The number of nitrogens with zero attached hydrogens (tertiary/aromatic N) is 2. The molecule has 0 saturated carbocycles. The molecular formula is C62H68N2. The van der Waals surface area contributed by atoms with Crippen LogP contribution in [-0.4, -0.2) is 0 Å². The zero-order valence-corrected chi connectivity index (χ0v) is 39.8. The van der Waals surface area contributed by atoms with Gasteiger partial charge in [0.1, 0.15) is 0 Å². The third kappa shape index (κ3) is 8.85. The zero-order chi connectivity index (χ0) is 44.7. The van der Waals surface area contributed by atoms with Crippen molar-refractivity contribution in [3.8, 4) is 11.1 Å². The number of allylic oxidation sites excluding steroid dienone is 4. The van der Waals surface area contributed by atoms with E-state index < -0.39 is 0 Å². The van der Waals surface area contributed by atoms with Gasteiger partial charge >= 0.3 is 0 Å². The number of hydrogen-bond acceptors (Lipinski definition) is 2. The van der Waals surface area contributed by atoms with E-state index in [1.165, 1.54) is 112 Å². The van der Waals surface area contributed by atoms with Crippen LogP contribution in [0.2, 0.25) is 0 Å². The average molecular weight is 841 g/mol. The van der Waals surface area contributed by atoms with Gasteiger partial charge in [-0.3, -0.25) is 0 Å². The monoisotopic (exact) mass is 841 g/mol. The number of aryl methyl sites for hydroxylation is 8. The molecular weight excluding hydrogens is 773 g/mol. The molecule has 0 amide bonds. The van der Waals surface area contributed by atoms with E-state index in [4.69, 9.17) is 0 Å². The van der Waals surface area contributed by atoms with Crippen molar-refractivity contribution < 1.29 is 0 Å². The first-order chi connectivity index (χ1) is 31.4. The normalized spacial score (nSPS) is 12.5. The van der Waals surface area contributed by atoms with E-state index in [2.05, 4.69) is 211 Å². The first-order valence-electron chi connectivity index (χ1n) is 24.5. The van der Waals surface area contributed by atoms with Crippen LogP contribution in [0.25, 0.3) is 27.5 Å². The highest BCUT2D eigenvalue weighted by Crippen LogP contribution is 2.47. The van der Waals surface area contributed by atoms with Gasteiger partial charge in [-0.05, 0) is 215 Å². The third-order valence-corrected chi connectivity index (χ3v) is 13.8. The maximum absolute atomic E-state index is 2.54. The van der Waals surface area contributed by atoms with Gasteiger partial charge in [0.2, 0.25) is 0 Å². The minimum Gasteiger partial charge on any atom is -0.310 e. The fourth-order valence-electron chi connectivity index (χ4n) is 10.2. The first kappa shape index (κ1) is 44.5. The first-order valence-corrected chi connectivity index (χ1v) is 24.5. The van der Waals surface area contributed by atoms with Gasteiger partial charge in [-0.15, -0.1) is 0 Å². The molecule has 0 radical (unpaired) electrons. The molecule has 0 spiro atoms. The van der Waals surface area contributed by atoms with Gasteiger partial charge in [0.15, 0.2) is 0 Å². The molecule has 0 N–H and O–H groups in total. The Kier molecular flexibility index (Phi) is 14.0. The van der Waals surface area contributed by atoms with E-state index in [0.29, 0.717) is 0 Å². The highest BCUT2D eigenvalue weighted by atomic mass is 15.1. The second-order valence-corrected chi connectivity index (χ2v) is 17.4. The molecule has 0 heterocycles. The fraction of sp³-hybridized carbons (Fsp3) is 0.290. The van der Waals surface area contributed by atoms with Crippen LogP contribution in [0.3, 0.4) is 0 Å². The third-order valence-electron chi connectivity index (χ3n) is 13.8. The summed E-state index contributed by atoms with van der Waals surface area (Å²) < 4.78 is 0. The number of rotatable bonds is 16. The Morgan fingerprint density at radius 2 is 0.734 bits per heavy atom. The van der Waals surface area contributed by atoms with Crippen LogP contribution in [0, 0.1) is 0 Å². The Hall–Kier alpha value is -6.12. The molecule has 64 heavy (non-hydrogen) atoms. The molecule has 1 aliphatic rings. The number of anilines is 6. The van der Waals surface area contributed by atoms with Crippen LogP contribution in [0.1, 0.15) is 118 Å². The van der Waals surface area contributed by atoms with Crippen molar-refractivity contribution in [2.75, 3.05) is 9.80 Å². The predicted octanol–water partition coefficient (Wildman–Crippen LogP) is 17.7. The molecule has 0 unspecified atom stereocenters. The lowest BCUT2D eigenvalue weighted by Gasteiger charge is -2.31. The highest BCUT2D eigenvalue weighted by molar-refractivity contribution is 6.08. The molecule has 7 aromatic rings. The summed E-state index contributed by atoms with van der Waals surface area (Å²) in [5.41, 5.74) is 23.7. The summed E-state index contributed by atoms with van der Waals surface area (Å²) in [7, 11) is 0. The van der Waals surface area contributed by atoms with Crippen molar-refractivity contribution >= 4 is 50.5 Å². The Morgan fingerprint density at radius 1 is 0.359 bits per heavy atom. The molecule has 0 atom stereocenters. The Morgan fingerprint density at radius 3 is 1.09 bits per heavy atom. The van der Waals surface area contributed by atoms with Gasteiger partial charge in [-0.1, -0.05) is 128 Å². The lowest BCUT2D eigenvalue weighted by molar-refractivity contribution is 1.03. The summed E-state index contributed by atoms with van der Waals surface area (Å²) >= 11 is 0. The average Bonchev–Trinajstić information content (AvgIpc) is 3.36. The summed E-state index contributed by atoms with van der Waals surface area (Å²) in [5.74, 6) is 0. The van der Waals surface area contributed by atoms with Crippen molar-refractivity contribution in [1.29, 1.82) is 0 Å². The smallest absolute Gasteiger partial charge is 0.0474 e. The summed E-state index contributed by atoms with van der Waals surface area (Å²) in [6.45, 7) is 18.3. The maximum atomic E-state index is 2.54. The zero-order valence-electron chi connectivity index (χ0n) is 39.8. The summed E-state index contributed by atoms with van der Waals surface area (Å²) in [4.78, 5) is 5.07. The maximum Gasteiger partial charge on any atom is 0.0474 e. The van der Waals surface area contributed by atoms with E-state index in [0.717, 1.165) is 64.2 Å². The number of benzene rings is 7. The van der Waals surface area contributed by atoms with Crippen LogP contribution < -0.4 is 9.80 Å². The molecule has 0 aliphatic heterocycles. The van der Waals surface area contributed by atoms with Gasteiger partial charge in [0.05, 0.1) is 0 Å². The van der Waals surface area contributed by atoms with E-state index in [1.807, 2.05) is 0 Å². The fourth-order valence-corrected chi connectivity index (χ4v) is 10.2. The second-order valence-electron chi connectivity index (χ2n) is 17.4. The molecule has 326 valence electrons. The molecule has 8 rings (SSSR count). The molecule has 7 aromatic carbocycles. The lowest BCUT2D eigenvalue weighted by Crippen LogP contribution is -2.13. The quantitative estimate of drug-likeness (QED) is 0.0956. The van der Waals surface area contributed by atoms with Gasteiger partial charge in [-0.25, -0.2) is 0 Å². The molecule has 0 bridgehead atoms. The minimum absolute atomic E-state index is 0.997. The molecule has 0 fully saturated rings. The van der Waals surface area contributed by atoms with Crippen molar-refractivity contribution in [2.45, 2.75) is 120 Å². The van der Waals surface area contributed by atoms with E-state index in [-0.39, 0.29) is 0 Å². The van der Waals surface area contributed by atoms with E-state index >= 15 is 0 Å². The Balaban J connectivity index is 1.47. The van der Waals surface area contributed by atoms with Gasteiger partial charge < -0.3 is 9.80 Å². The number of hydrogen-bond donors (Lipinski definition) is 0. The van der Waals surface area contributed by atoms with Gasteiger partial charge in [0, 0.05) is 34.1 Å². The van der Waals surface area contributed by atoms with Crippen LogP contribution in [0.5, 0.6) is 0 Å². The van der Waals surface area contributed by atoms with Crippen LogP contribution in [0.15, 0.2) is 146 Å². The van der Waals surface area contributed by atoms with E-state index in [1.54, 1.807) is 0 Å². The lowest BCUT2D eigenvalue weighted by atomic mass is 9.88. The molecule has 1 aliphatic carbocycles. The molecule has 2 nitrogen and oxygen atoms in total. The van der Waals surface area contributed by atoms with Crippen molar-refractivity contribution in [1.82, 2.24) is 0 Å². The SMILES string of the molecule is CCc1ccc(N(c2ccc(CC)c(CC)c2)c2cc(-c3ccccc3)c3cc(N(c4ccc(CC)c(CC)c4)c4ccc(CC)c(CC)c4)cc(C4=CC=CCC4)c3c2)cc1CC. The van der Waals surface area contributed by atoms with E-state index in [9.17, 15) is 0 Å². The highest BCUT2D eigenvalue weighted by Gasteiger charge is 2.24. The van der Waals surface area contributed by atoms with Crippen LogP contribution in [-0.2, 0) is 51.4 Å². The largest absolute Gasteiger partial charge is 0.310 e. The predicted molar refractivity (Wildman–Crippen MR) is 280 cm³/mol. The second kappa shape index (κ2) is 20.2. The Bertz CT molecular complexity index is 2710. The van der Waals surface area contributed by atoms with Crippen molar-refractivity contribution in [3.05, 3.63) is 196 Å².